The van der Waals surface area contributed by atoms with E-state index in [1.165, 1.54) is 0 Å². The topological polar surface area (TPSA) is 46.6 Å². The number of morpholine rings is 1. The number of pyridine rings is 1. The van der Waals surface area contributed by atoms with Crippen LogP contribution in [0, 0.1) is 0 Å². The molecule has 0 radical (unpaired) electrons. The molecule has 1 atom stereocenters. The van der Waals surface area contributed by atoms with Crippen LogP contribution < -0.4 is 10.1 Å². The molecule has 2 heterocycles. The van der Waals surface area contributed by atoms with Crippen LogP contribution in [0.3, 0.4) is 0 Å². The number of halogens is 3. The van der Waals surface area contributed by atoms with Gasteiger partial charge in [-0.25, -0.2) is 4.98 Å². The van der Waals surface area contributed by atoms with Gasteiger partial charge in [-0.1, -0.05) is 40.9 Å². The summed E-state index contributed by atoms with van der Waals surface area (Å²) in [7, 11) is 0. The SMILES string of the molecule is S=C(NCc1ccc(Cl)cc1Cl)N1CCOC(COc2cccnc2Cl)C1. The molecule has 0 saturated carbocycles. The lowest BCUT2D eigenvalue weighted by atomic mass is 10.2. The third kappa shape index (κ3) is 5.83. The molecule has 2 aromatic rings. The highest BCUT2D eigenvalue weighted by Crippen LogP contribution is 2.22. The molecular formula is C18H18Cl3N3O2S. The third-order valence-electron chi connectivity index (χ3n) is 4.02. The summed E-state index contributed by atoms with van der Waals surface area (Å²) in [5, 5.41) is 5.44. The Bertz CT molecular complexity index is 809. The fourth-order valence-corrected chi connectivity index (χ4v) is 3.50. The zero-order valence-corrected chi connectivity index (χ0v) is 17.4. The third-order valence-corrected chi connectivity index (χ3v) is 5.29. The van der Waals surface area contributed by atoms with E-state index in [1.54, 1.807) is 30.5 Å². The fraction of sp³-hybridized carbons (Fsp3) is 0.333. The molecule has 1 aliphatic rings. The van der Waals surface area contributed by atoms with E-state index in [9.17, 15) is 0 Å². The molecule has 0 spiro atoms. The van der Waals surface area contributed by atoms with Gasteiger partial charge < -0.3 is 19.7 Å². The summed E-state index contributed by atoms with van der Waals surface area (Å²) in [5.74, 6) is 0.540. The van der Waals surface area contributed by atoms with Gasteiger partial charge in [0.2, 0.25) is 0 Å². The van der Waals surface area contributed by atoms with Crippen molar-refractivity contribution >= 4 is 52.1 Å². The molecule has 1 saturated heterocycles. The Morgan fingerprint density at radius 2 is 2.19 bits per heavy atom. The Balaban J connectivity index is 1.49. The Labute approximate surface area is 178 Å². The van der Waals surface area contributed by atoms with E-state index in [2.05, 4.69) is 15.2 Å². The van der Waals surface area contributed by atoms with E-state index < -0.39 is 0 Å². The van der Waals surface area contributed by atoms with E-state index in [-0.39, 0.29) is 6.10 Å². The van der Waals surface area contributed by atoms with Gasteiger partial charge in [0.25, 0.3) is 0 Å². The highest BCUT2D eigenvalue weighted by atomic mass is 35.5. The van der Waals surface area contributed by atoms with Gasteiger partial charge in [0, 0.05) is 35.9 Å². The number of ether oxygens (including phenoxy) is 2. The van der Waals surface area contributed by atoms with Crippen molar-refractivity contribution in [3.63, 3.8) is 0 Å². The summed E-state index contributed by atoms with van der Waals surface area (Å²) in [6.07, 6.45) is 1.50. The molecule has 27 heavy (non-hydrogen) atoms. The lowest BCUT2D eigenvalue weighted by molar-refractivity contribution is -0.0288. The second-order valence-corrected chi connectivity index (χ2v) is 7.52. The zero-order valence-electron chi connectivity index (χ0n) is 14.3. The van der Waals surface area contributed by atoms with Crippen molar-refractivity contribution in [2.24, 2.45) is 0 Å². The summed E-state index contributed by atoms with van der Waals surface area (Å²) >= 11 is 23.6. The first kappa shape index (κ1) is 20.4. The first-order valence-electron chi connectivity index (χ1n) is 8.34. The van der Waals surface area contributed by atoms with E-state index in [1.807, 2.05) is 6.07 Å². The highest BCUT2D eigenvalue weighted by molar-refractivity contribution is 7.80. The van der Waals surface area contributed by atoms with Crippen molar-refractivity contribution < 1.29 is 9.47 Å². The van der Waals surface area contributed by atoms with E-state index in [4.69, 9.17) is 56.5 Å². The van der Waals surface area contributed by atoms with Crippen LogP contribution in [0.5, 0.6) is 5.75 Å². The predicted molar refractivity (Wildman–Crippen MR) is 112 cm³/mol. The molecule has 1 aliphatic heterocycles. The lowest BCUT2D eigenvalue weighted by Crippen LogP contribution is -2.50. The maximum absolute atomic E-state index is 6.20. The minimum atomic E-state index is -0.117. The first-order valence-corrected chi connectivity index (χ1v) is 9.89. The molecular weight excluding hydrogens is 429 g/mol. The Hall–Kier alpha value is -1.31. The van der Waals surface area contributed by atoms with Crippen molar-refractivity contribution in [3.8, 4) is 5.75 Å². The number of hydrogen-bond acceptors (Lipinski definition) is 4. The molecule has 0 amide bonds. The van der Waals surface area contributed by atoms with Gasteiger partial charge >= 0.3 is 0 Å². The average Bonchev–Trinajstić information content (AvgIpc) is 2.67. The number of aromatic nitrogens is 1. The average molecular weight is 447 g/mol. The minimum absolute atomic E-state index is 0.117. The quantitative estimate of drug-likeness (QED) is 0.549. The van der Waals surface area contributed by atoms with Gasteiger partial charge in [0.05, 0.1) is 6.61 Å². The molecule has 1 aromatic heterocycles. The molecule has 1 N–H and O–H groups in total. The van der Waals surface area contributed by atoms with E-state index >= 15 is 0 Å². The van der Waals surface area contributed by atoms with E-state index in [0.29, 0.717) is 58.9 Å². The van der Waals surface area contributed by atoms with Crippen LogP contribution in [0.1, 0.15) is 5.56 Å². The van der Waals surface area contributed by atoms with Gasteiger partial charge in [-0.3, -0.25) is 0 Å². The maximum Gasteiger partial charge on any atom is 0.171 e. The Morgan fingerprint density at radius 3 is 2.96 bits per heavy atom. The van der Waals surface area contributed by atoms with Crippen LogP contribution in [0.15, 0.2) is 36.5 Å². The smallest absolute Gasteiger partial charge is 0.171 e. The standard InChI is InChI=1S/C18H18Cl3N3O2S/c19-13-4-3-12(15(20)8-13)9-23-18(27)24-6-7-25-14(10-24)11-26-16-2-1-5-22-17(16)21/h1-5,8,14H,6-7,9-11H2,(H,23,27). The number of nitrogens with one attached hydrogen (secondary N) is 1. The first-order chi connectivity index (χ1) is 13.0. The predicted octanol–water partition coefficient (Wildman–Crippen LogP) is 4.20. The van der Waals surface area contributed by atoms with Crippen molar-refractivity contribution in [1.29, 1.82) is 0 Å². The molecule has 3 rings (SSSR count). The van der Waals surface area contributed by atoms with Crippen molar-refractivity contribution in [2.75, 3.05) is 26.3 Å². The molecule has 1 unspecified atom stereocenters. The van der Waals surface area contributed by atoms with Crippen LogP contribution in [-0.2, 0) is 11.3 Å². The normalized spacial score (nSPS) is 16.9. The number of thiocarbonyl (C=S) groups is 1. The Kier molecular flexibility index (Phi) is 7.38. The number of rotatable bonds is 5. The maximum atomic E-state index is 6.20. The highest BCUT2D eigenvalue weighted by Gasteiger charge is 2.23. The molecule has 0 aliphatic carbocycles. The molecule has 9 heteroatoms. The van der Waals surface area contributed by atoms with Crippen LogP contribution >= 0.6 is 47.0 Å². The van der Waals surface area contributed by atoms with Crippen molar-refractivity contribution in [3.05, 3.63) is 57.3 Å². The van der Waals surface area contributed by atoms with Crippen LogP contribution in [0.2, 0.25) is 15.2 Å². The van der Waals surface area contributed by atoms with Gasteiger partial charge in [0.15, 0.2) is 16.0 Å². The largest absolute Gasteiger partial charge is 0.488 e. The van der Waals surface area contributed by atoms with Gasteiger partial charge in [-0.2, -0.15) is 0 Å². The Morgan fingerprint density at radius 1 is 1.33 bits per heavy atom. The van der Waals surface area contributed by atoms with E-state index in [0.717, 1.165) is 5.56 Å². The zero-order chi connectivity index (χ0) is 19.2. The minimum Gasteiger partial charge on any atom is -0.488 e. The summed E-state index contributed by atoms with van der Waals surface area (Å²) in [4.78, 5) is 6.05. The second-order valence-electron chi connectivity index (χ2n) is 5.94. The van der Waals surface area contributed by atoms with Crippen LogP contribution in [0.4, 0.5) is 0 Å². The fourth-order valence-electron chi connectivity index (χ4n) is 2.61. The molecule has 144 valence electrons. The monoisotopic (exact) mass is 445 g/mol. The van der Waals surface area contributed by atoms with Crippen LogP contribution in [-0.4, -0.2) is 47.4 Å². The van der Waals surface area contributed by atoms with Gasteiger partial charge in [-0.05, 0) is 42.0 Å². The van der Waals surface area contributed by atoms with Crippen molar-refractivity contribution in [2.45, 2.75) is 12.6 Å². The summed E-state index contributed by atoms with van der Waals surface area (Å²) in [6, 6.07) is 8.95. The lowest BCUT2D eigenvalue weighted by Gasteiger charge is -2.34. The molecule has 1 aromatic carbocycles. The van der Waals surface area contributed by atoms with Gasteiger partial charge in [-0.15, -0.1) is 0 Å². The second kappa shape index (κ2) is 9.75. The molecule has 5 nitrogen and oxygen atoms in total. The molecule has 1 fully saturated rings. The summed E-state index contributed by atoms with van der Waals surface area (Å²) in [5.41, 5.74) is 0.933. The molecule has 0 bridgehead atoms. The number of benzene rings is 1. The summed E-state index contributed by atoms with van der Waals surface area (Å²) in [6.45, 7) is 2.80. The van der Waals surface area contributed by atoms with Crippen molar-refractivity contribution in [1.82, 2.24) is 15.2 Å². The number of nitrogens with zero attached hydrogens (tertiary/aromatic N) is 2. The summed E-state index contributed by atoms with van der Waals surface area (Å²) < 4.78 is 11.5. The number of hydrogen-bond donors (Lipinski definition) is 1. The van der Waals surface area contributed by atoms with Crippen LogP contribution in [0.25, 0.3) is 0 Å². The van der Waals surface area contributed by atoms with Gasteiger partial charge in [0.1, 0.15) is 12.7 Å².